The molecule has 0 bridgehead atoms. The van der Waals surface area contributed by atoms with Gasteiger partial charge in [-0.25, -0.2) is 0 Å². The van der Waals surface area contributed by atoms with Crippen LogP contribution in [0.2, 0.25) is 6.04 Å². The topological polar surface area (TPSA) is 47.9 Å². The van der Waals surface area contributed by atoms with E-state index < -0.39 is 8.80 Å². The third kappa shape index (κ3) is 4.42. The molecule has 4 nitrogen and oxygen atoms in total. The van der Waals surface area contributed by atoms with Gasteiger partial charge in [-0.1, -0.05) is 25.5 Å². The first-order chi connectivity index (χ1) is 8.65. The normalized spacial score (nSPS) is 11.7. The SMILES string of the molecule is CCC[Si](OC)(OC)OCCc1cccc(O)c1. The van der Waals surface area contributed by atoms with Crippen molar-refractivity contribution >= 4 is 8.80 Å². The maximum Gasteiger partial charge on any atom is 0.500 e. The van der Waals surface area contributed by atoms with Crippen molar-refractivity contribution in [2.24, 2.45) is 0 Å². The van der Waals surface area contributed by atoms with Gasteiger partial charge in [0.25, 0.3) is 0 Å². The summed E-state index contributed by atoms with van der Waals surface area (Å²) in [6.07, 6.45) is 1.71. The molecule has 0 spiro atoms. The highest BCUT2D eigenvalue weighted by Gasteiger charge is 2.37. The van der Waals surface area contributed by atoms with Gasteiger partial charge in [-0.2, -0.15) is 0 Å². The molecule has 1 rings (SSSR count). The lowest BCUT2D eigenvalue weighted by atomic mass is 10.1. The quantitative estimate of drug-likeness (QED) is 0.738. The molecular formula is C13H22O4Si. The van der Waals surface area contributed by atoms with E-state index in [1.165, 1.54) is 0 Å². The largest absolute Gasteiger partial charge is 0.508 e. The molecule has 0 aliphatic heterocycles. The van der Waals surface area contributed by atoms with Crippen LogP contribution in [0.5, 0.6) is 5.75 Å². The van der Waals surface area contributed by atoms with E-state index in [1.807, 2.05) is 12.1 Å². The van der Waals surface area contributed by atoms with Crippen molar-refractivity contribution in [2.75, 3.05) is 20.8 Å². The van der Waals surface area contributed by atoms with E-state index >= 15 is 0 Å². The standard InChI is InChI=1S/C13H22O4Si/c1-4-10-18(15-2,16-3)17-9-8-12-6-5-7-13(14)11-12/h5-7,11,14H,4,8-10H2,1-3H3. The summed E-state index contributed by atoms with van der Waals surface area (Å²) in [6.45, 7) is 2.62. The monoisotopic (exact) mass is 270 g/mol. The van der Waals surface area contributed by atoms with Crippen LogP contribution in [-0.2, 0) is 19.7 Å². The number of phenolic OH excluding ortho intramolecular Hbond substituents is 1. The number of aromatic hydroxyl groups is 1. The summed E-state index contributed by atoms with van der Waals surface area (Å²) in [6, 6.07) is 8.01. The zero-order valence-corrected chi connectivity index (χ0v) is 12.3. The Bertz CT molecular complexity index is 353. The highest BCUT2D eigenvalue weighted by atomic mass is 28.4. The van der Waals surface area contributed by atoms with Crippen LogP contribution in [0.3, 0.4) is 0 Å². The molecule has 0 fully saturated rings. The fourth-order valence-corrected chi connectivity index (χ4v) is 3.80. The van der Waals surface area contributed by atoms with Crippen LogP contribution in [0.1, 0.15) is 18.9 Å². The van der Waals surface area contributed by atoms with Gasteiger partial charge in [0.15, 0.2) is 0 Å². The Morgan fingerprint density at radius 2 is 1.94 bits per heavy atom. The van der Waals surface area contributed by atoms with Crippen LogP contribution in [0.4, 0.5) is 0 Å². The molecule has 0 aliphatic carbocycles. The van der Waals surface area contributed by atoms with Gasteiger partial charge in [-0.3, -0.25) is 0 Å². The second kappa shape index (κ2) is 7.53. The van der Waals surface area contributed by atoms with Crippen LogP contribution in [0.25, 0.3) is 0 Å². The zero-order valence-electron chi connectivity index (χ0n) is 11.3. The first-order valence-corrected chi connectivity index (χ1v) is 8.11. The molecule has 0 radical (unpaired) electrons. The van der Waals surface area contributed by atoms with Crippen molar-refractivity contribution in [1.29, 1.82) is 0 Å². The summed E-state index contributed by atoms with van der Waals surface area (Å²) in [5.74, 6) is 0.281. The Hall–Kier alpha value is -0.883. The molecular weight excluding hydrogens is 248 g/mol. The van der Waals surface area contributed by atoms with Gasteiger partial charge >= 0.3 is 8.80 Å². The van der Waals surface area contributed by atoms with Gasteiger partial charge in [0.1, 0.15) is 5.75 Å². The number of hydrogen-bond acceptors (Lipinski definition) is 4. The highest BCUT2D eigenvalue weighted by molar-refractivity contribution is 6.60. The summed E-state index contributed by atoms with van der Waals surface area (Å²) in [4.78, 5) is 0. The van der Waals surface area contributed by atoms with Crippen LogP contribution < -0.4 is 0 Å². The number of phenols is 1. The Morgan fingerprint density at radius 1 is 1.22 bits per heavy atom. The van der Waals surface area contributed by atoms with Gasteiger partial charge in [-0.15, -0.1) is 0 Å². The lowest BCUT2D eigenvalue weighted by Crippen LogP contribution is -2.44. The van der Waals surface area contributed by atoms with Crippen molar-refractivity contribution in [3.63, 3.8) is 0 Å². The molecule has 5 heteroatoms. The minimum Gasteiger partial charge on any atom is -0.508 e. The smallest absolute Gasteiger partial charge is 0.500 e. The van der Waals surface area contributed by atoms with E-state index in [9.17, 15) is 5.11 Å². The van der Waals surface area contributed by atoms with E-state index in [0.29, 0.717) is 6.61 Å². The summed E-state index contributed by atoms with van der Waals surface area (Å²) >= 11 is 0. The summed E-state index contributed by atoms with van der Waals surface area (Å²) in [7, 11) is 0.804. The molecule has 0 aliphatic rings. The lowest BCUT2D eigenvalue weighted by Gasteiger charge is -2.25. The van der Waals surface area contributed by atoms with E-state index in [-0.39, 0.29) is 5.75 Å². The van der Waals surface area contributed by atoms with Crippen LogP contribution in [0.15, 0.2) is 24.3 Å². The molecule has 0 heterocycles. The Balaban J connectivity index is 2.48. The van der Waals surface area contributed by atoms with Gasteiger partial charge < -0.3 is 18.4 Å². The molecule has 0 saturated heterocycles. The molecule has 1 N–H and O–H groups in total. The van der Waals surface area contributed by atoms with Crippen molar-refractivity contribution in [3.8, 4) is 5.75 Å². The molecule has 0 amide bonds. The third-order valence-corrected chi connectivity index (χ3v) is 5.80. The van der Waals surface area contributed by atoms with Gasteiger partial charge in [0.05, 0.1) is 0 Å². The summed E-state index contributed by atoms with van der Waals surface area (Å²) in [5.41, 5.74) is 1.04. The van der Waals surface area contributed by atoms with Crippen molar-refractivity contribution in [2.45, 2.75) is 25.8 Å². The number of rotatable bonds is 8. The fourth-order valence-electron chi connectivity index (χ4n) is 1.82. The maximum atomic E-state index is 9.37. The molecule has 0 atom stereocenters. The molecule has 18 heavy (non-hydrogen) atoms. The molecule has 0 unspecified atom stereocenters. The zero-order chi connectivity index (χ0) is 13.4. The third-order valence-electron chi connectivity index (χ3n) is 2.80. The van der Waals surface area contributed by atoms with Crippen LogP contribution in [-0.4, -0.2) is 34.7 Å². The molecule has 102 valence electrons. The number of benzene rings is 1. The predicted octanol–water partition coefficient (Wildman–Crippen LogP) is 2.59. The summed E-state index contributed by atoms with van der Waals surface area (Å²) < 4.78 is 16.7. The molecule has 1 aromatic rings. The van der Waals surface area contributed by atoms with E-state index in [1.54, 1.807) is 26.4 Å². The van der Waals surface area contributed by atoms with Gasteiger partial charge in [0.2, 0.25) is 0 Å². The van der Waals surface area contributed by atoms with Crippen molar-refractivity contribution in [1.82, 2.24) is 0 Å². The van der Waals surface area contributed by atoms with Crippen molar-refractivity contribution < 1.29 is 18.4 Å². The number of hydrogen-bond donors (Lipinski definition) is 1. The second-order valence-electron chi connectivity index (χ2n) is 4.11. The molecule has 0 aromatic heterocycles. The average molecular weight is 270 g/mol. The Kier molecular flexibility index (Phi) is 6.35. The summed E-state index contributed by atoms with van der Waals surface area (Å²) in [5, 5.41) is 9.37. The van der Waals surface area contributed by atoms with E-state index in [2.05, 4.69) is 6.92 Å². The molecule has 0 saturated carbocycles. The maximum absolute atomic E-state index is 9.37. The van der Waals surface area contributed by atoms with Crippen molar-refractivity contribution in [3.05, 3.63) is 29.8 Å². The first kappa shape index (κ1) is 15.2. The first-order valence-electron chi connectivity index (χ1n) is 6.18. The van der Waals surface area contributed by atoms with Gasteiger partial charge in [0, 0.05) is 26.9 Å². The molecule has 1 aromatic carbocycles. The van der Waals surface area contributed by atoms with E-state index in [0.717, 1.165) is 24.4 Å². The Morgan fingerprint density at radius 3 is 2.50 bits per heavy atom. The Labute approximate surface area is 110 Å². The van der Waals surface area contributed by atoms with Crippen LogP contribution in [0, 0.1) is 0 Å². The minimum atomic E-state index is -2.47. The second-order valence-corrected chi connectivity index (χ2v) is 7.08. The fraction of sp³-hybridized carbons (Fsp3) is 0.538. The van der Waals surface area contributed by atoms with E-state index in [4.69, 9.17) is 13.3 Å². The predicted molar refractivity (Wildman–Crippen MR) is 72.6 cm³/mol. The van der Waals surface area contributed by atoms with Crippen LogP contribution >= 0.6 is 0 Å². The van der Waals surface area contributed by atoms with Gasteiger partial charge in [-0.05, 0) is 24.1 Å². The highest BCUT2D eigenvalue weighted by Crippen LogP contribution is 2.17. The average Bonchev–Trinajstić information content (AvgIpc) is 2.38. The minimum absolute atomic E-state index is 0.281. The lowest BCUT2D eigenvalue weighted by molar-refractivity contribution is 0.0992.